The number of thiophene rings is 1. The number of aliphatic hydroxyl groups excluding tert-OH is 1. The Bertz CT molecular complexity index is 1690. The molecule has 0 atom stereocenters. The van der Waals surface area contributed by atoms with Gasteiger partial charge in [0.15, 0.2) is 5.78 Å². The molecule has 0 aliphatic rings. The smallest absolute Gasteiger partial charge is 0.216 e. The molecule has 0 amide bonds. The Morgan fingerprint density at radius 2 is 1.85 bits per heavy atom. The molecule has 4 heterocycles. The van der Waals surface area contributed by atoms with E-state index in [1.54, 1.807) is 17.4 Å². The molecule has 1 aromatic carbocycles. The SMILES string of the molecule is CCC(CC)C(=O)/C=C(\O)C(CC)CC.[2H]C([2H])([2H])c1ccc2c(n1)oc1c(-c3cc4ccsc4cn3)[c-]ccc12.[Ir]. The van der Waals surface area contributed by atoms with Crippen LogP contribution in [0.3, 0.4) is 0 Å². The summed E-state index contributed by atoms with van der Waals surface area (Å²) in [5.74, 6) is 0.547. The van der Waals surface area contributed by atoms with Gasteiger partial charge in [0, 0.05) is 59.4 Å². The monoisotopic (exact) mass is 723 g/mol. The Balaban J connectivity index is 0.000000263. The number of aromatic nitrogens is 2. The fourth-order valence-corrected chi connectivity index (χ4v) is 5.33. The molecule has 5 aromatic rings. The number of carbonyl (C=O) groups excluding carboxylic acids is 1. The standard InChI is InChI=1S/C19H11N2OS.C13H24O2.Ir/c1-11-5-6-14-13-3-2-4-15(18(13)22-19(14)21-11)16-9-12-7-8-23-17(12)10-20-16;1-5-10(6-2)12(14)9-13(15)11(7-3)8-4;/h2-3,5-10H,1H3;9-11,14H,5-8H2,1-4H3;/q-1;;/b;12-9-;/i1D3;;. The Morgan fingerprint density at radius 3 is 2.54 bits per heavy atom. The first-order valence-electron chi connectivity index (χ1n) is 14.6. The number of benzene rings is 1. The number of rotatable bonds is 8. The summed E-state index contributed by atoms with van der Waals surface area (Å²) in [6.45, 7) is 5.80. The summed E-state index contributed by atoms with van der Waals surface area (Å²) in [5, 5.41) is 14.5. The second kappa shape index (κ2) is 14.0. The molecule has 39 heavy (non-hydrogen) atoms. The van der Waals surface area contributed by atoms with Gasteiger partial charge in [-0.1, -0.05) is 44.7 Å². The van der Waals surface area contributed by atoms with Gasteiger partial charge in [0.25, 0.3) is 0 Å². The van der Waals surface area contributed by atoms with Gasteiger partial charge in [-0.2, -0.15) is 0 Å². The van der Waals surface area contributed by atoms with Crippen LogP contribution in [-0.2, 0) is 24.9 Å². The molecule has 5 rings (SSSR count). The number of aryl methyl sites for hydroxylation is 1. The summed E-state index contributed by atoms with van der Waals surface area (Å²) in [6.07, 6.45) is 6.75. The number of hydrogen-bond acceptors (Lipinski definition) is 6. The van der Waals surface area contributed by atoms with Crippen LogP contribution in [0.1, 0.15) is 63.2 Å². The Hall–Kier alpha value is -2.86. The minimum absolute atomic E-state index is 0. The predicted molar refractivity (Wildman–Crippen MR) is 158 cm³/mol. The number of furan rings is 1. The van der Waals surface area contributed by atoms with Crippen molar-refractivity contribution in [1.29, 1.82) is 0 Å². The van der Waals surface area contributed by atoms with Gasteiger partial charge in [0.1, 0.15) is 0 Å². The normalized spacial score (nSPS) is 13.2. The van der Waals surface area contributed by atoms with Crippen LogP contribution in [-0.4, -0.2) is 20.9 Å². The summed E-state index contributed by atoms with van der Waals surface area (Å²) < 4.78 is 29.7. The first-order valence-corrected chi connectivity index (χ1v) is 14.0. The van der Waals surface area contributed by atoms with Crippen LogP contribution in [0.2, 0.25) is 0 Å². The summed E-state index contributed by atoms with van der Waals surface area (Å²) in [7, 11) is 0. The van der Waals surface area contributed by atoms with Crippen LogP contribution >= 0.6 is 11.3 Å². The molecule has 0 fully saturated rings. The van der Waals surface area contributed by atoms with Crippen molar-refractivity contribution in [2.75, 3.05) is 0 Å². The van der Waals surface area contributed by atoms with E-state index in [-0.39, 0.29) is 49.2 Å². The maximum atomic E-state index is 11.7. The molecule has 0 bridgehead atoms. The van der Waals surface area contributed by atoms with Crippen molar-refractivity contribution < 1.29 is 38.5 Å². The molecule has 0 unspecified atom stereocenters. The Morgan fingerprint density at radius 1 is 1.10 bits per heavy atom. The molecular weight excluding hydrogens is 685 g/mol. The van der Waals surface area contributed by atoms with Crippen molar-refractivity contribution in [3.8, 4) is 11.3 Å². The number of fused-ring (bicyclic) bond motifs is 4. The van der Waals surface area contributed by atoms with Gasteiger partial charge in [0.2, 0.25) is 5.71 Å². The number of aliphatic hydroxyl groups is 1. The molecule has 0 aliphatic carbocycles. The van der Waals surface area contributed by atoms with Gasteiger partial charge in [-0.25, -0.2) is 4.98 Å². The minimum Gasteiger partial charge on any atom is -0.512 e. The number of nitrogens with zero attached hydrogens (tertiary/aromatic N) is 2. The second-order valence-corrected chi connectivity index (χ2v) is 10.2. The molecule has 1 N–H and O–H groups in total. The molecule has 0 aliphatic heterocycles. The number of ketones is 1. The van der Waals surface area contributed by atoms with E-state index in [1.807, 2.05) is 63.5 Å². The zero-order valence-corrected chi connectivity index (χ0v) is 25.8. The van der Waals surface area contributed by atoms with Crippen molar-refractivity contribution in [2.24, 2.45) is 11.8 Å². The fraction of sp³-hybridized carbons (Fsp3) is 0.344. The van der Waals surface area contributed by atoms with Gasteiger partial charge in [-0.3, -0.25) is 4.79 Å². The molecule has 4 aromatic heterocycles. The van der Waals surface area contributed by atoms with Crippen molar-refractivity contribution in [3.05, 3.63) is 71.6 Å². The van der Waals surface area contributed by atoms with Gasteiger partial charge >= 0.3 is 0 Å². The van der Waals surface area contributed by atoms with E-state index in [2.05, 4.69) is 16.0 Å². The predicted octanol–water partition coefficient (Wildman–Crippen LogP) is 9.23. The van der Waals surface area contributed by atoms with Crippen molar-refractivity contribution in [1.82, 2.24) is 9.97 Å². The van der Waals surface area contributed by atoms with Crippen LogP contribution in [0.4, 0.5) is 0 Å². The summed E-state index contributed by atoms with van der Waals surface area (Å²) in [6, 6.07) is 14.2. The zero-order valence-electron chi connectivity index (χ0n) is 25.6. The zero-order chi connectivity index (χ0) is 29.7. The number of pyridine rings is 2. The maximum Gasteiger partial charge on any atom is 0.216 e. The fourth-order valence-electron chi connectivity index (χ4n) is 4.60. The first kappa shape index (κ1) is 26.4. The third kappa shape index (κ3) is 6.84. The van der Waals surface area contributed by atoms with Gasteiger partial charge in [-0.05, 0) is 67.2 Å². The van der Waals surface area contributed by atoms with Crippen LogP contribution < -0.4 is 0 Å². The van der Waals surface area contributed by atoms with E-state index < -0.39 is 6.85 Å². The van der Waals surface area contributed by atoms with Crippen molar-refractivity contribution in [3.63, 3.8) is 0 Å². The van der Waals surface area contributed by atoms with Crippen LogP contribution in [0.15, 0.2) is 64.2 Å². The average molecular weight is 723 g/mol. The van der Waals surface area contributed by atoms with Crippen molar-refractivity contribution in [2.45, 2.75) is 60.2 Å². The summed E-state index contributed by atoms with van der Waals surface area (Å²) in [4.78, 5) is 20.4. The quantitative estimate of drug-likeness (QED) is 0.0982. The van der Waals surface area contributed by atoms with E-state index in [0.717, 1.165) is 57.8 Å². The summed E-state index contributed by atoms with van der Waals surface area (Å²) in [5.41, 5.74) is 2.44. The van der Waals surface area contributed by atoms with Crippen molar-refractivity contribution >= 4 is 49.3 Å². The topological polar surface area (TPSA) is 76.2 Å². The van der Waals surface area contributed by atoms with E-state index in [0.29, 0.717) is 11.3 Å². The largest absolute Gasteiger partial charge is 0.512 e. The number of carbonyl (C=O) groups is 1. The average Bonchev–Trinajstić information content (AvgIpc) is 3.58. The second-order valence-electron chi connectivity index (χ2n) is 9.27. The van der Waals surface area contributed by atoms with E-state index in [9.17, 15) is 9.90 Å². The third-order valence-corrected chi connectivity index (χ3v) is 7.84. The molecular formula is C32H35IrN2O3S-. The third-order valence-electron chi connectivity index (χ3n) is 6.98. The minimum atomic E-state index is -2.27. The molecule has 207 valence electrons. The molecule has 5 nitrogen and oxygen atoms in total. The molecule has 1 radical (unpaired) electrons. The Kier molecular flexibility index (Phi) is 9.45. The van der Waals surface area contributed by atoms with E-state index >= 15 is 0 Å². The van der Waals surface area contributed by atoms with Gasteiger partial charge in [0.05, 0.1) is 16.0 Å². The summed E-state index contributed by atoms with van der Waals surface area (Å²) >= 11 is 1.64. The van der Waals surface area contributed by atoms with Crippen LogP contribution in [0.25, 0.3) is 43.4 Å². The van der Waals surface area contributed by atoms with Gasteiger partial charge < -0.3 is 14.5 Å². The number of allylic oxidation sites excluding steroid dienone is 2. The first-order chi connectivity index (χ1) is 19.6. The molecule has 0 saturated carbocycles. The molecule has 0 saturated heterocycles. The van der Waals surface area contributed by atoms with E-state index in [4.69, 9.17) is 8.53 Å². The van der Waals surface area contributed by atoms with E-state index in [1.165, 1.54) is 12.1 Å². The van der Waals surface area contributed by atoms with Crippen LogP contribution in [0, 0.1) is 24.8 Å². The Labute approximate surface area is 251 Å². The number of hydrogen-bond donors (Lipinski definition) is 1. The van der Waals surface area contributed by atoms with Gasteiger partial charge in [-0.15, -0.1) is 29.5 Å². The van der Waals surface area contributed by atoms with Crippen LogP contribution in [0.5, 0.6) is 0 Å². The maximum absolute atomic E-state index is 11.7. The molecule has 0 spiro atoms. The molecule has 7 heteroatoms.